The van der Waals surface area contributed by atoms with E-state index in [1.807, 2.05) is 12.1 Å². The summed E-state index contributed by atoms with van der Waals surface area (Å²) in [6.45, 7) is 38.1. The van der Waals surface area contributed by atoms with Crippen molar-refractivity contribution in [3.63, 3.8) is 0 Å². The van der Waals surface area contributed by atoms with E-state index in [1.54, 1.807) is 0 Å². The van der Waals surface area contributed by atoms with Gasteiger partial charge in [0.25, 0.3) is 0 Å². The Bertz CT molecular complexity index is 1510. The lowest BCUT2D eigenvalue weighted by atomic mass is 9.76. The zero-order chi connectivity index (χ0) is 39.9. The van der Waals surface area contributed by atoms with E-state index in [2.05, 4.69) is 149 Å². The van der Waals surface area contributed by atoms with Crippen molar-refractivity contribution in [3.05, 3.63) is 86.5 Å². The van der Waals surface area contributed by atoms with Gasteiger partial charge < -0.3 is 20.4 Å². The Morgan fingerprint density at radius 3 is 0.784 bits per heavy atom. The molecule has 0 amide bonds. The number of carboxylic acids is 1. The fraction of sp³-hybridized carbons (Fsp3) is 0.587. The average molecular weight is 703 g/mol. The largest absolute Gasteiger partial charge is 0.507 e. The lowest BCUT2D eigenvalue weighted by Crippen LogP contribution is -2.19. The van der Waals surface area contributed by atoms with Gasteiger partial charge in [0, 0.05) is 6.42 Å². The second-order valence-corrected chi connectivity index (χ2v) is 20.7. The van der Waals surface area contributed by atoms with Crippen LogP contribution in [-0.4, -0.2) is 26.4 Å². The Morgan fingerprint density at radius 1 is 0.412 bits per heavy atom. The van der Waals surface area contributed by atoms with Crippen molar-refractivity contribution in [2.75, 3.05) is 0 Å². The van der Waals surface area contributed by atoms with Crippen molar-refractivity contribution in [1.82, 2.24) is 0 Å². The topological polar surface area (TPSA) is 98.0 Å². The van der Waals surface area contributed by atoms with Crippen molar-refractivity contribution < 1.29 is 25.2 Å². The van der Waals surface area contributed by atoms with Gasteiger partial charge in [-0.1, -0.05) is 161 Å². The molecule has 3 aromatic rings. The van der Waals surface area contributed by atoms with Gasteiger partial charge in [-0.25, -0.2) is 0 Å². The number of hydrogen-bond donors (Lipinski definition) is 4. The number of benzene rings is 3. The number of aliphatic carboxylic acids is 1. The Hall–Kier alpha value is -3.47. The van der Waals surface area contributed by atoms with Crippen LogP contribution in [-0.2, 0) is 50.1 Å². The van der Waals surface area contributed by atoms with Gasteiger partial charge in [0.05, 0.1) is 0 Å². The molecule has 0 spiro atoms. The normalized spacial score (nSPS) is 13.1. The SMILES string of the molecule is CC(C)(C)c1cc(CCC(=O)O)cc(C(C)(C)C)c1O.CC(C)(C)c1cc(Cc2cc(C(C)(C)C)c(O)c(C(C)(C)C)c2)cc(C(C)(C)C)c1O. The van der Waals surface area contributed by atoms with E-state index in [9.17, 15) is 20.1 Å². The van der Waals surface area contributed by atoms with E-state index in [-0.39, 0.29) is 38.9 Å². The average Bonchev–Trinajstić information content (AvgIpc) is 2.90. The molecule has 0 unspecified atom stereocenters. The van der Waals surface area contributed by atoms with Gasteiger partial charge in [0.15, 0.2) is 0 Å². The summed E-state index contributed by atoms with van der Waals surface area (Å²) in [6.07, 6.45) is 1.36. The number of carboxylic acid groups (broad SMARTS) is 1. The number of hydrogen-bond acceptors (Lipinski definition) is 4. The number of carbonyl (C=O) groups is 1. The van der Waals surface area contributed by atoms with Gasteiger partial charge in [-0.05, 0) is 95.4 Å². The molecule has 0 radical (unpaired) electrons. The summed E-state index contributed by atoms with van der Waals surface area (Å²) >= 11 is 0. The van der Waals surface area contributed by atoms with Crippen molar-refractivity contribution in [2.45, 2.75) is 176 Å². The molecule has 0 aliphatic rings. The van der Waals surface area contributed by atoms with E-state index in [0.717, 1.165) is 45.4 Å². The minimum absolute atomic E-state index is 0.109. The van der Waals surface area contributed by atoms with E-state index in [1.165, 1.54) is 11.1 Å². The monoisotopic (exact) mass is 703 g/mol. The van der Waals surface area contributed by atoms with Crippen molar-refractivity contribution in [3.8, 4) is 17.2 Å². The molecule has 51 heavy (non-hydrogen) atoms. The highest BCUT2D eigenvalue weighted by molar-refractivity contribution is 5.67. The molecular formula is C46H70O5. The predicted octanol–water partition coefficient (Wildman–Crippen LogP) is 11.9. The maximum Gasteiger partial charge on any atom is 0.303 e. The Balaban J connectivity index is 0.000000389. The van der Waals surface area contributed by atoms with Crippen LogP contribution in [0.2, 0.25) is 0 Å². The van der Waals surface area contributed by atoms with Gasteiger partial charge in [0.2, 0.25) is 0 Å². The van der Waals surface area contributed by atoms with E-state index >= 15 is 0 Å². The molecule has 0 heterocycles. The molecule has 3 rings (SSSR count). The van der Waals surface area contributed by atoms with Crippen LogP contribution in [0.5, 0.6) is 17.2 Å². The van der Waals surface area contributed by atoms with Crippen LogP contribution >= 0.6 is 0 Å². The summed E-state index contributed by atoms with van der Waals surface area (Å²) in [5.74, 6) is 0.372. The van der Waals surface area contributed by atoms with Gasteiger partial charge >= 0.3 is 5.97 Å². The second-order valence-electron chi connectivity index (χ2n) is 20.7. The van der Waals surface area contributed by atoms with E-state index < -0.39 is 5.97 Å². The van der Waals surface area contributed by atoms with Gasteiger partial charge in [-0.15, -0.1) is 0 Å². The highest BCUT2D eigenvalue weighted by Gasteiger charge is 2.30. The zero-order valence-corrected chi connectivity index (χ0v) is 35.3. The summed E-state index contributed by atoms with van der Waals surface area (Å²) in [6, 6.07) is 12.5. The maximum absolute atomic E-state index is 11.1. The van der Waals surface area contributed by atoms with Gasteiger partial charge in [-0.3, -0.25) is 4.79 Å². The van der Waals surface area contributed by atoms with Crippen LogP contribution in [0.25, 0.3) is 0 Å². The lowest BCUT2D eigenvalue weighted by Gasteiger charge is -2.29. The van der Waals surface area contributed by atoms with Crippen molar-refractivity contribution in [1.29, 1.82) is 0 Å². The maximum atomic E-state index is 11.1. The molecule has 5 nitrogen and oxygen atoms in total. The molecule has 0 aliphatic carbocycles. The molecule has 0 saturated heterocycles. The summed E-state index contributed by atoms with van der Waals surface area (Å²) in [5.41, 5.74) is 8.11. The van der Waals surface area contributed by atoms with Crippen LogP contribution in [0.4, 0.5) is 0 Å². The Labute approximate surface area is 310 Å². The molecule has 0 bridgehead atoms. The van der Waals surface area contributed by atoms with Crippen LogP contribution < -0.4 is 0 Å². The summed E-state index contributed by atoms with van der Waals surface area (Å²) in [4.78, 5) is 10.8. The molecule has 0 saturated carbocycles. The smallest absolute Gasteiger partial charge is 0.303 e. The molecule has 3 aromatic carbocycles. The molecular weight excluding hydrogens is 633 g/mol. The summed E-state index contributed by atoms with van der Waals surface area (Å²) < 4.78 is 0. The molecule has 5 heteroatoms. The lowest BCUT2D eigenvalue weighted by molar-refractivity contribution is -0.136. The predicted molar refractivity (Wildman–Crippen MR) is 215 cm³/mol. The third-order valence-electron chi connectivity index (χ3n) is 9.39. The quantitative estimate of drug-likeness (QED) is 0.212. The minimum Gasteiger partial charge on any atom is -0.507 e. The first-order chi connectivity index (χ1) is 22.7. The van der Waals surface area contributed by atoms with Gasteiger partial charge in [0.1, 0.15) is 17.2 Å². The number of phenols is 3. The molecule has 0 aromatic heterocycles. The first kappa shape index (κ1) is 43.7. The third-order valence-corrected chi connectivity index (χ3v) is 9.39. The fourth-order valence-corrected chi connectivity index (χ4v) is 6.35. The Morgan fingerprint density at radius 2 is 0.608 bits per heavy atom. The van der Waals surface area contributed by atoms with E-state index in [4.69, 9.17) is 5.11 Å². The van der Waals surface area contributed by atoms with E-state index in [0.29, 0.717) is 23.7 Å². The number of rotatable bonds is 5. The molecule has 0 fully saturated rings. The van der Waals surface area contributed by atoms with Crippen molar-refractivity contribution in [2.24, 2.45) is 0 Å². The highest BCUT2D eigenvalue weighted by atomic mass is 16.4. The van der Waals surface area contributed by atoms with Crippen LogP contribution in [0.15, 0.2) is 36.4 Å². The highest BCUT2D eigenvalue weighted by Crippen LogP contribution is 2.43. The second kappa shape index (κ2) is 14.9. The minimum atomic E-state index is -0.798. The summed E-state index contributed by atoms with van der Waals surface area (Å²) in [5, 5.41) is 41.5. The number of aromatic hydroxyl groups is 3. The zero-order valence-electron chi connectivity index (χ0n) is 35.3. The van der Waals surface area contributed by atoms with Crippen LogP contribution in [0, 0.1) is 0 Å². The molecule has 0 aliphatic heterocycles. The van der Waals surface area contributed by atoms with Crippen molar-refractivity contribution >= 4 is 5.97 Å². The first-order valence-electron chi connectivity index (χ1n) is 18.5. The standard InChI is InChI=1S/C29H44O2.C17H26O3/c1-26(2,3)20-14-18(15-21(24(20)30)27(4,5)6)13-19-16-22(28(7,8)9)25(31)23(17-19)29(10,11)12;1-16(2,3)12-9-11(7-8-14(18)19)10-13(15(12)20)17(4,5)6/h14-17,30-31H,13H2,1-12H3;9-10,20H,7-8H2,1-6H3,(H,18,19). The fourth-order valence-electron chi connectivity index (χ4n) is 6.35. The van der Waals surface area contributed by atoms with Crippen LogP contribution in [0.1, 0.15) is 181 Å². The summed E-state index contributed by atoms with van der Waals surface area (Å²) in [7, 11) is 0. The molecule has 0 atom stereocenters. The number of aryl methyl sites for hydroxylation is 1. The Kier molecular flexibility index (Phi) is 12.7. The third kappa shape index (κ3) is 11.5. The number of phenolic OH excluding ortho intramolecular Hbond substituents is 3. The van der Waals surface area contributed by atoms with Gasteiger partial charge in [-0.2, -0.15) is 0 Å². The van der Waals surface area contributed by atoms with Crippen LogP contribution in [0.3, 0.4) is 0 Å². The molecule has 284 valence electrons. The molecule has 4 N–H and O–H groups in total. The first-order valence-corrected chi connectivity index (χ1v) is 18.5.